The van der Waals surface area contributed by atoms with Crippen LogP contribution in [0.5, 0.6) is 0 Å². The summed E-state index contributed by atoms with van der Waals surface area (Å²) in [6.45, 7) is 5.12. The van der Waals surface area contributed by atoms with Gasteiger partial charge in [-0.25, -0.2) is 0 Å². The molecule has 0 saturated carbocycles. The molecule has 0 aliphatic carbocycles. The molecule has 0 unspecified atom stereocenters. The van der Waals surface area contributed by atoms with Crippen LogP contribution in [0.2, 0.25) is 0 Å². The van der Waals surface area contributed by atoms with Gasteiger partial charge in [0.15, 0.2) is 0 Å². The first-order valence-electron chi connectivity index (χ1n) is 5.73. The van der Waals surface area contributed by atoms with E-state index in [1.54, 1.807) is 0 Å². The summed E-state index contributed by atoms with van der Waals surface area (Å²) in [5, 5.41) is 0. The maximum atomic E-state index is 5.61. The second kappa shape index (κ2) is 6.59. The molecular formula is C13H22N2. The fraction of sp³-hybridized carbons (Fsp3) is 0.538. The number of nitrogens with two attached hydrogens (primary N) is 1. The molecule has 1 rings (SSSR count). The minimum Gasteiger partial charge on any atom is -0.330 e. The number of hydrogen-bond acceptors (Lipinski definition) is 2. The number of nitrogens with zero attached hydrogens (tertiary/aromatic N) is 1. The van der Waals surface area contributed by atoms with E-state index in [-0.39, 0.29) is 0 Å². The Hall–Kier alpha value is -0.860. The van der Waals surface area contributed by atoms with Crippen LogP contribution in [0.3, 0.4) is 0 Å². The van der Waals surface area contributed by atoms with Gasteiger partial charge < -0.3 is 10.6 Å². The number of hydrogen-bond donors (Lipinski definition) is 1. The molecule has 1 aromatic rings. The summed E-state index contributed by atoms with van der Waals surface area (Å²) in [6, 6.07) is 8.59. The molecule has 0 aliphatic heterocycles. The summed E-state index contributed by atoms with van der Waals surface area (Å²) in [6.07, 6.45) is 2.19. The first kappa shape index (κ1) is 12.2. The van der Waals surface area contributed by atoms with Gasteiger partial charge in [-0.05, 0) is 44.1 Å². The second-order valence-corrected chi connectivity index (χ2v) is 4.05. The molecule has 15 heavy (non-hydrogen) atoms. The fourth-order valence-corrected chi connectivity index (χ4v) is 1.86. The van der Waals surface area contributed by atoms with Gasteiger partial charge in [0.2, 0.25) is 0 Å². The van der Waals surface area contributed by atoms with Crippen LogP contribution in [0.25, 0.3) is 0 Å². The predicted octanol–water partition coefficient (Wildman–Crippen LogP) is 2.03. The average molecular weight is 206 g/mol. The molecule has 2 nitrogen and oxygen atoms in total. The molecule has 0 aliphatic rings. The SMILES string of the molecule is CCCN(C)Cc1ccccc1CCN. The maximum absolute atomic E-state index is 5.61. The minimum absolute atomic E-state index is 0.731. The third-order valence-electron chi connectivity index (χ3n) is 2.58. The van der Waals surface area contributed by atoms with E-state index < -0.39 is 0 Å². The van der Waals surface area contributed by atoms with E-state index in [9.17, 15) is 0 Å². The average Bonchev–Trinajstić information content (AvgIpc) is 2.21. The van der Waals surface area contributed by atoms with E-state index in [4.69, 9.17) is 5.73 Å². The Labute approximate surface area is 93.1 Å². The van der Waals surface area contributed by atoms with Crippen molar-refractivity contribution in [1.82, 2.24) is 4.90 Å². The Morgan fingerprint density at radius 3 is 2.47 bits per heavy atom. The Bertz CT molecular complexity index is 284. The van der Waals surface area contributed by atoms with Crippen molar-refractivity contribution in [2.75, 3.05) is 20.1 Å². The zero-order chi connectivity index (χ0) is 11.1. The number of benzene rings is 1. The van der Waals surface area contributed by atoms with Crippen LogP contribution in [0.1, 0.15) is 24.5 Å². The topological polar surface area (TPSA) is 29.3 Å². The molecule has 0 fully saturated rings. The molecule has 0 amide bonds. The maximum Gasteiger partial charge on any atom is 0.0233 e. The van der Waals surface area contributed by atoms with Gasteiger partial charge in [-0.15, -0.1) is 0 Å². The van der Waals surface area contributed by atoms with Crippen molar-refractivity contribution in [3.05, 3.63) is 35.4 Å². The molecule has 0 spiro atoms. The second-order valence-electron chi connectivity index (χ2n) is 4.05. The van der Waals surface area contributed by atoms with Crippen LogP contribution in [-0.4, -0.2) is 25.0 Å². The largest absolute Gasteiger partial charge is 0.330 e. The highest BCUT2D eigenvalue weighted by molar-refractivity contribution is 5.27. The van der Waals surface area contributed by atoms with Crippen molar-refractivity contribution in [3.8, 4) is 0 Å². The van der Waals surface area contributed by atoms with Gasteiger partial charge in [-0.3, -0.25) is 0 Å². The molecule has 84 valence electrons. The molecule has 2 N–H and O–H groups in total. The smallest absolute Gasteiger partial charge is 0.0233 e. The van der Waals surface area contributed by atoms with E-state index >= 15 is 0 Å². The third-order valence-corrected chi connectivity index (χ3v) is 2.58. The lowest BCUT2D eigenvalue weighted by Gasteiger charge is -2.17. The standard InChI is InChI=1S/C13H22N2/c1-3-10-15(2)11-13-7-5-4-6-12(13)8-9-14/h4-7H,3,8-11,14H2,1-2H3. The quantitative estimate of drug-likeness (QED) is 0.771. The van der Waals surface area contributed by atoms with Crippen LogP contribution in [-0.2, 0) is 13.0 Å². The summed E-state index contributed by atoms with van der Waals surface area (Å²) >= 11 is 0. The van der Waals surface area contributed by atoms with Gasteiger partial charge in [-0.1, -0.05) is 31.2 Å². The molecule has 1 aromatic carbocycles. The minimum atomic E-state index is 0.731. The Morgan fingerprint density at radius 1 is 1.20 bits per heavy atom. The van der Waals surface area contributed by atoms with Gasteiger partial charge in [0.1, 0.15) is 0 Å². The highest BCUT2D eigenvalue weighted by Gasteiger charge is 2.03. The van der Waals surface area contributed by atoms with Gasteiger partial charge in [-0.2, -0.15) is 0 Å². The van der Waals surface area contributed by atoms with Crippen LogP contribution in [0.15, 0.2) is 24.3 Å². The van der Waals surface area contributed by atoms with E-state index in [1.807, 2.05) is 0 Å². The predicted molar refractivity (Wildman–Crippen MR) is 65.8 cm³/mol. The Balaban J connectivity index is 2.66. The monoisotopic (exact) mass is 206 g/mol. The van der Waals surface area contributed by atoms with Crippen LogP contribution < -0.4 is 5.73 Å². The highest BCUT2D eigenvalue weighted by atomic mass is 15.1. The lowest BCUT2D eigenvalue weighted by Crippen LogP contribution is -2.19. The molecule has 0 heterocycles. The van der Waals surface area contributed by atoms with Crippen molar-refractivity contribution in [2.45, 2.75) is 26.3 Å². The molecular weight excluding hydrogens is 184 g/mol. The fourth-order valence-electron chi connectivity index (χ4n) is 1.86. The lowest BCUT2D eigenvalue weighted by molar-refractivity contribution is 0.326. The van der Waals surface area contributed by atoms with Crippen molar-refractivity contribution in [3.63, 3.8) is 0 Å². The zero-order valence-electron chi connectivity index (χ0n) is 9.87. The first-order chi connectivity index (χ1) is 7.27. The molecule has 0 aromatic heterocycles. The van der Waals surface area contributed by atoms with E-state index in [0.29, 0.717) is 0 Å². The summed E-state index contributed by atoms with van der Waals surface area (Å²) < 4.78 is 0. The summed E-state index contributed by atoms with van der Waals surface area (Å²) in [4.78, 5) is 2.36. The molecule has 0 saturated heterocycles. The highest BCUT2D eigenvalue weighted by Crippen LogP contribution is 2.11. The van der Waals surface area contributed by atoms with Gasteiger partial charge in [0.05, 0.1) is 0 Å². The van der Waals surface area contributed by atoms with E-state index in [0.717, 1.165) is 26.1 Å². The van der Waals surface area contributed by atoms with Crippen molar-refractivity contribution in [2.24, 2.45) is 5.73 Å². The summed E-state index contributed by atoms with van der Waals surface area (Å²) in [5.74, 6) is 0. The van der Waals surface area contributed by atoms with Crippen LogP contribution in [0.4, 0.5) is 0 Å². The van der Waals surface area contributed by atoms with E-state index in [2.05, 4.69) is 43.1 Å². The van der Waals surface area contributed by atoms with Gasteiger partial charge >= 0.3 is 0 Å². The van der Waals surface area contributed by atoms with Crippen LogP contribution >= 0.6 is 0 Å². The molecule has 2 heteroatoms. The molecule has 0 radical (unpaired) electrons. The molecule has 0 atom stereocenters. The normalized spacial score (nSPS) is 10.9. The van der Waals surface area contributed by atoms with Crippen molar-refractivity contribution in [1.29, 1.82) is 0 Å². The molecule has 0 bridgehead atoms. The van der Waals surface area contributed by atoms with Crippen molar-refractivity contribution < 1.29 is 0 Å². The van der Waals surface area contributed by atoms with E-state index in [1.165, 1.54) is 17.5 Å². The summed E-state index contributed by atoms with van der Waals surface area (Å²) in [7, 11) is 2.17. The zero-order valence-corrected chi connectivity index (χ0v) is 9.87. The third kappa shape index (κ3) is 4.02. The Morgan fingerprint density at radius 2 is 1.87 bits per heavy atom. The summed E-state index contributed by atoms with van der Waals surface area (Å²) in [5.41, 5.74) is 8.41. The van der Waals surface area contributed by atoms with Crippen molar-refractivity contribution >= 4 is 0 Å². The Kier molecular flexibility index (Phi) is 5.37. The van der Waals surface area contributed by atoms with Gasteiger partial charge in [0, 0.05) is 6.54 Å². The van der Waals surface area contributed by atoms with Crippen LogP contribution in [0, 0.1) is 0 Å². The van der Waals surface area contributed by atoms with Gasteiger partial charge in [0.25, 0.3) is 0 Å². The first-order valence-corrected chi connectivity index (χ1v) is 5.73. The number of rotatable bonds is 6. The lowest BCUT2D eigenvalue weighted by atomic mass is 10.0.